The number of nitrogens with zero attached hydrogens (tertiary/aromatic N) is 1. The van der Waals surface area contributed by atoms with E-state index in [0.717, 1.165) is 25.9 Å². The van der Waals surface area contributed by atoms with Crippen molar-refractivity contribution in [2.24, 2.45) is 0 Å². The summed E-state index contributed by atoms with van der Waals surface area (Å²) < 4.78 is 42.9. The number of rotatable bonds is 6. The number of sulfonamides is 1. The third-order valence-electron chi connectivity index (χ3n) is 4.51. The molecular weight excluding hydrogens is 443 g/mol. The fourth-order valence-electron chi connectivity index (χ4n) is 3.23. The van der Waals surface area contributed by atoms with Crippen LogP contribution in [0.15, 0.2) is 51.8 Å². The van der Waals surface area contributed by atoms with E-state index in [1.165, 1.54) is 12.1 Å². The van der Waals surface area contributed by atoms with Gasteiger partial charge in [-0.2, -0.15) is 0 Å². The molecule has 1 aliphatic heterocycles. The largest absolute Gasteiger partial charge is 0.295 e. The van der Waals surface area contributed by atoms with Crippen molar-refractivity contribution in [1.29, 1.82) is 0 Å². The van der Waals surface area contributed by atoms with Crippen molar-refractivity contribution < 1.29 is 12.8 Å². The van der Waals surface area contributed by atoms with Crippen LogP contribution in [0.4, 0.5) is 4.39 Å². The Hall–Kier alpha value is -0.990. The smallest absolute Gasteiger partial charge is 0.241 e. The Morgan fingerprint density at radius 1 is 1.15 bits per heavy atom. The van der Waals surface area contributed by atoms with Crippen molar-refractivity contribution in [1.82, 2.24) is 9.62 Å². The average Bonchev–Trinajstić information content (AvgIpc) is 3.12. The van der Waals surface area contributed by atoms with E-state index in [2.05, 4.69) is 25.6 Å². The van der Waals surface area contributed by atoms with Gasteiger partial charge < -0.3 is 0 Å². The summed E-state index contributed by atoms with van der Waals surface area (Å²) in [5.74, 6) is -0.422. The molecule has 0 aliphatic carbocycles. The number of nitrogens with one attached hydrogen (secondary N) is 1. The van der Waals surface area contributed by atoms with Gasteiger partial charge in [0.05, 0.1) is 10.9 Å². The van der Waals surface area contributed by atoms with Crippen LogP contribution in [0, 0.1) is 5.82 Å². The maximum atomic E-state index is 14.5. The Bertz CT molecular complexity index is 868. The van der Waals surface area contributed by atoms with Gasteiger partial charge in [-0.15, -0.1) is 0 Å². The van der Waals surface area contributed by atoms with E-state index in [9.17, 15) is 12.8 Å². The minimum atomic E-state index is -3.74. The molecule has 3 rings (SSSR count). The van der Waals surface area contributed by atoms with E-state index in [0.29, 0.717) is 15.1 Å². The van der Waals surface area contributed by atoms with E-state index >= 15 is 0 Å². The van der Waals surface area contributed by atoms with Crippen molar-refractivity contribution in [3.63, 3.8) is 0 Å². The topological polar surface area (TPSA) is 49.4 Å². The van der Waals surface area contributed by atoms with Gasteiger partial charge in [-0.05, 0) is 66.1 Å². The Morgan fingerprint density at radius 3 is 2.50 bits per heavy atom. The summed E-state index contributed by atoms with van der Waals surface area (Å²) in [6, 6.07) is 10.7. The van der Waals surface area contributed by atoms with E-state index in [-0.39, 0.29) is 11.4 Å². The SMILES string of the molecule is O=S(=O)(NCC(c1c(F)cccc1Cl)N1CCCC1)c1ccccc1Br. The number of hydrogen-bond donors (Lipinski definition) is 1. The first kappa shape index (κ1) is 19.8. The van der Waals surface area contributed by atoms with Crippen LogP contribution < -0.4 is 4.72 Å². The predicted molar refractivity (Wildman–Crippen MR) is 104 cm³/mol. The second-order valence-electron chi connectivity index (χ2n) is 6.18. The van der Waals surface area contributed by atoms with Crippen molar-refractivity contribution in [3.8, 4) is 0 Å². The standard InChI is InChI=1S/C18H19BrClFN2O2S/c19-13-6-1-2-9-17(13)26(24,25)22-12-16(23-10-3-4-11-23)18-14(20)7-5-8-15(18)21/h1-2,5-9,16,22H,3-4,10-12H2. The Labute approximate surface area is 166 Å². The fourth-order valence-corrected chi connectivity index (χ4v) is 5.55. The molecule has 8 heteroatoms. The van der Waals surface area contributed by atoms with Gasteiger partial charge in [-0.25, -0.2) is 17.5 Å². The normalized spacial score (nSPS) is 16.7. The van der Waals surface area contributed by atoms with Crippen LogP contribution in [-0.4, -0.2) is 33.0 Å². The maximum Gasteiger partial charge on any atom is 0.241 e. The van der Waals surface area contributed by atoms with Crippen molar-refractivity contribution in [2.75, 3.05) is 19.6 Å². The molecule has 2 aromatic rings. The molecule has 1 heterocycles. The highest BCUT2D eigenvalue weighted by atomic mass is 79.9. The summed E-state index contributed by atoms with van der Waals surface area (Å²) in [7, 11) is -3.74. The highest BCUT2D eigenvalue weighted by Gasteiger charge is 2.29. The molecule has 0 amide bonds. The molecule has 0 radical (unpaired) electrons. The summed E-state index contributed by atoms with van der Waals surface area (Å²) >= 11 is 9.51. The molecule has 1 aliphatic rings. The van der Waals surface area contributed by atoms with Crippen LogP contribution in [0.5, 0.6) is 0 Å². The predicted octanol–water partition coefficient (Wildman–Crippen LogP) is 4.36. The zero-order chi connectivity index (χ0) is 18.7. The van der Waals surface area contributed by atoms with Crippen molar-refractivity contribution in [3.05, 3.63) is 63.3 Å². The minimum absolute atomic E-state index is 0.0460. The van der Waals surface area contributed by atoms with Crippen LogP contribution in [0.1, 0.15) is 24.4 Å². The molecule has 1 atom stereocenters. The van der Waals surface area contributed by atoms with Crippen LogP contribution in [0.3, 0.4) is 0 Å². The molecule has 140 valence electrons. The molecule has 1 saturated heterocycles. The Balaban J connectivity index is 1.89. The van der Waals surface area contributed by atoms with Gasteiger partial charge in [-0.3, -0.25) is 4.90 Å². The molecule has 2 aromatic carbocycles. The second-order valence-corrected chi connectivity index (χ2v) is 9.17. The molecule has 0 saturated carbocycles. The molecule has 0 aromatic heterocycles. The Kier molecular flexibility index (Phi) is 6.35. The molecule has 26 heavy (non-hydrogen) atoms. The summed E-state index contributed by atoms with van der Waals surface area (Å²) in [6.07, 6.45) is 2.00. The van der Waals surface area contributed by atoms with Gasteiger partial charge in [0.25, 0.3) is 0 Å². The lowest BCUT2D eigenvalue weighted by Gasteiger charge is -2.29. The van der Waals surface area contributed by atoms with Gasteiger partial charge in [0.2, 0.25) is 10.0 Å². The first-order chi connectivity index (χ1) is 12.4. The number of likely N-dealkylation sites (tertiary alicyclic amines) is 1. The zero-order valence-corrected chi connectivity index (χ0v) is 17.1. The van der Waals surface area contributed by atoms with Gasteiger partial charge in [0.1, 0.15) is 5.82 Å². The van der Waals surface area contributed by atoms with E-state index < -0.39 is 21.9 Å². The van der Waals surface area contributed by atoms with Crippen molar-refractivity contribution >= 4 is 37.6 Å². The minimum Gasteiger partial charge on any atom is -0.295 e. The number of hydrogen-bond acceptors (Lipinski definition) is 3. The van der Waals surface area contributed by atoms with E-state index in [1.807, 2.05) is 0 Å². The van der Waals surface area contributed by atoms with E-state index in [4.69, 9.17) is 11.6 Å². The number of halogens is 3. The average molecular weight is 462 g/mol. The molecule has 0 bridgehead atoms. The lowest BCUT2D eigenvalue weighted by Crippen LogP contribution is -2.37. The summed E-state index contributed by atoms with van der Waals surface area (Å²) in [5, 5.41) is 0.307. The lowest BCUT2D eigenvalue weighted by molar-refractivity contribution is 0.241. The molecule has 4 nitrogen and oxygen atoms in total. The highest BCUT2D eigenvalue weighted by molar-refractivity contribution is 9.10. The highest BCUT2D eigenvalue weighted by Crippen LogP contribution is 2.32. The van der Waals surface area contributed by atoms with Gasteiger partial charge in [0.15, 0.2) is 0 Å². The third kappa shape index (κ3) is 4.28. The maximum absolute atomic E-state index is 14.5. The van der Waals surface area contributed by atoms with Gasteiger partial charge in [0, 0.05) is 21.6 Å². The Morgan fingerprint density at radius 2 is 1.85 bits per heavy atom. The summed E-state index contributed by atoms with van der Waals surface area (Å²) in [5.41, 5.74) is 0.339. The van der Waals surface area contributed by atoms with Crippen LogP contribution >= 0.6 is 27.5 Å². The lowest BCUT2D eigenvalue weighted by atomic mass is 10.0. The zero-order valence-electron chi connectivity index (χ0n) is 14.0. The van der Waals surface area contributed by atoms with Crippen LogP contribution in [0.25, 0.3) is 0 Å². The summed E-state index contributed by atoms with van der Waals surface area (Å²) in [4.78, 5) is 2.23. The van der Waals surface area contributed by atoms with Crippen LogP contribution in [0.2, 0.25) is 5.02 Å². The monoisotopic (exact) mass is 460 g/mol. The molecule has 0 spiro atoms. The first-order valence-corrected chi connectivity index (χ1v) is 11.0. The molecular formula is C18H19BrClFN2O2S. The third-order valence-corrected chi connectivity index (χ3v) is 7.27. The van der Waals surface area contributed by atoms with Gasteiger partial charge in [-0.1, -0.05) is 29.8 Å². The second kappa shape index (κ2) is 8.35. The fraction of sp³-hybridized carbons (Fsp3) is 0.333. The number of benzene rings is 2. The molecule has 1 fully saturated rings. The van der Waals surface area contributed by atoms with E-state index in [1.54, 1.807) is 30.3 Å². The quantitative estimate of drug-likeness (QED) is 0.695. The van der Waals surface area contributed by atoms with Crippen LogP contribution in [-0.2, 0) is 10.0 Å². The molecule has 1 unspecified atom stereocenters. The van der Waals surface area contributed by atoms with Gasteiger partial charge >= 0.3 is 0 Å². The molecule has 1 N–H and O–H groups in total. The first-order valence-electron chi connectivity index (χ1n) is 8.32. The van der Waals surface area contributed by atoms with Crippen molar-refractivity contribution in [2.45, 2.75) is 23.8 Å². The summed E-state index contributed by atoms with van der Waals surface area (Å²) in [6.45, 7) is 1.61.